The van der Waals surface area contributed by atoms with E-state index in [1.54, 1.807) is 0 Å². The highest BCUT2D eigenvalue weighted by molar-refractivity contribution is 5.86. The van der Waals surface area contributed by atoms with Gasteiger partial charge in [0.25, 0.3) is 0 Å². The van der Waals surface area contributed by atoms with Crippen LogP contribution in [-0.2, 0) is 20.8 Å². The summed E-state index contributed by atoms with van der Waals surface area (Å²) in [6, 6.07) is 0. The molecular weight excluding hydrogens is 240 g/mol. The number of carbonyl (C=O) groups is 2. The summed E-state index contributed by atoms with van der Waals surface area (Å²) in [4.78, 5) is 25.7. The Balaban J connectivity index is 0.00000225. The monoisotopic (exact) mass is 250 g/mol. The zero-order valence-electron chi connectivity index (χ0n) is 8.67. The van der Waals surface area contributed by atoms with Gasteiger partial charge in [-0.2, -0.15) is 4.98 Å². The molecule has 1 aromatic rings. The molecule has 0 saturated carbocycles. The van der Waals surface area contributed by atoms with Crippen LogP contribution in [-0.4, -0.2) is 40.9 Å². The number of nitrogens with two attached hydrogens (primary N) is 1. The molecule has 2 N–H and O–H groups in total. The van der Waals surface area contributed by atoms with Crippen molar-refractivity contribution in [3.05, 3.63) is 5.82 Å². The predicted octanol–water partition coefficient (Wildman–Crippen LogP) is -0.758. The molecule has 0 aromatic carbocycles. The van der Waals surface area contributed by atoms with Gasteiger partial charge in [-0.1, -0.05) is 0 Å². The smallest absolute Gasteiger partial charge is 0.375 e. The second kappa shape index (κ2) is 5.91. The highest BCUT2D eigenvalue weighted by atomic mass is 35.5. The van der Waals surface area contributed by atoms with Crippen LogP contribution >= 0.6 is 12.4 Å². The molecule has 0 unspecified atom stereocenters. The minimum absolute atomic E-state index is 0. The van der Waals surface area contributed by atoms with Crippen molar-refractivity contribution in [2.45, 2.75) is 6.54 Å². The van der Waals surface area contributed by atoms with E-state index >= 15 is 0 Å². The first kappa shape index (κ1) is 14.2. The molecule has 0 aliphatic heterocycles. The molecule has 0 aliphatic rings. The number of methoxy groups -OCH3 is 2. The summed E-state index contributed by atoms with van der Waals surface area (Å²) in [6.07, 6.45) is 0. The second-order valence-electron chi connectivity index (χ2n) is 2.52. The van der Waals surface area contributed by atoms with Crippen LogP contribution in [0.1, 0.15) is 10.6 Å². The van der Waals surface area contributed by atoms with Crippen LogP contribution in [0.5, 0.6) is 0 Å². The Morgan fingerprint density at radius 2 is 2.00 bits per heavy atom. The molecule has 1 rings (SSSR count). The molecule has 1 heterocycles. The molecule has 16 heavy (non-hydrogen) atoms. The molecule has 90 valence electrons. The fourth-order valence-corrected chi connectivity index (χ4v) is 0.899. The molecule has 9 heteroatoms. The van der Waals surface area contributed by atoms with E-state index in [0.29, 0.717) is 0 Å². The van der Waals surface area contributed by atoms with Gasteiger partial charge in [0.1, 0.15) is 6.54 Å². The van der Waals surface area contributed by atoms with Crippen molar-refractivity contribution in [3.8, 4) is 0 Å². The van der Waals surface area contributed by atoms with E-state index < -0.39 is 11.9 Å². The lowest BCUT2D eigenvalue weighted by molar-refractivity contribution is -0.141. The average molecular weight is 251 g/mol. The van der Waals surface area contributed by atoms with Gasteiger partial charge in [0.15, 0.2) is 0 Å². The number of aromatic nitrogens is 3. The Morgan fingerprint density at radius 1 is 1.38 bits per heavy atom. The van der Waals surface area contributed by atoms with E-state index in [2.05, 4.69) is 19.6 Å². The molecule has 0 bridgehead atoms. The van der Waals surface area contributed by atoms with E-state index in [1.807, 2.05) is 0 Å². The first-order valence-electron chi connectivity index (χ1n) is 3.94. The van der Waals surface area contributed by atoms with Gasteiger partial charge in [0.2, 0.25) is 11.8 Å². The van der Waals surface area contributed by atoms with E-state index in [9.17, 15) is 9.59 Å². The molecule has 0 radical (unpaired) electrons. The topological polar surface area (TPSA) is 109 Å². The number of halogens is 1. The second-order valence-corrected chi connectivity index (χ2v) is 2.52. The van der Waals surface area contributed by atoms with E-state index in [1.165, 1.54) is 14.2 Å². The van der Waals surface area contributed by atoms with Gasteiger partial charge in [-0.25, -0.2) is 9.48 Å². The van der Waals surface area contributed by atoms with Crippen molar-refractivity contribution >= 4 is 30.3 Å². The van der Waals surface area contributed by atoms with Crippen LogP contribution in [0.4, 0.5) is 5.95 Å². The summed E-state index contributed by atoms with van der Waals surface area (Å²) >= 11 is 0. The van der Waals surface area contributed by atoms with Crippen LogP contribution < -0.4 is 5.73 Å². The molecule has 0 spiro atoms. The largest absolute Gasteiger partial charge is 0.468 e. The van der Waals surface area contributed by atoms with E-state index in [-0.39, 0.29) is 30.7 Å². The van der Waals surface area contributed by atoms with Gasteiger partial charge >= 0.3 is 11.9 Å². The van der Waals surface area contributed by atoms with Crippen molar-refractivity contribution in [3.63, 3.8) is 0 Å². The summed E-state index contributed by atoms with van der Waals surface area (Å²) in [5, 5.41) is 3.65. The molecule has 8 nitrogen and oxygen atoms in total. The SMILES string of the molecule is COC(=O)Cn1nc(N)nc1C(=O)OC.Cl. The van der Waals surface area contributed by atoms with Gasteiger partial charge in [0.05, 0.1) is 14.2 Å². The van der Waals surface area contributed by atoms with Crippen LogP contribution in [0.25, 0.3) is 0 Å². The maximum atomic E-state index is 11.2. The lowest BCUT2D eigenvalue weighted by Crippen LogP contribution is -2.18. The summed E-state index contributed by atoms with van der Waals surface area (Å²) in [5.74, 6) is -1.53. The molecular formula is C7H11ClN4O4. The highest BCUT2D eigenvalue weighted by Gasteiger charge is 2.18. The fraction of sp³-hybridized carbons (Fsp3) is 0.429. The molecule has 0 fully saturated rings. The third-order valence-corrected chi connectivity index (χ3v) is 1.56. The van der Waals surface area contributed by atoms with Crippen LogP contribution in [0.3, 0.4) is 0 Å². The summed E-state index contributed by atoms with van der Waals surface area (Å²) in [7, 11) is 2.41. The number of nitrogens with zero attached hydrogens (tertiary/aromatic N) is 3. The first-order chi connectivity index (χ1) is 7.08. The zero-order chi connectivity index (χ0) is 11.4. The van der Waals surface area contributed by atoms with Crippen LogP contribution in [0, 0.1) is 0 Å². The molecule has 0 saturated heterocycles. The maximum absolute atomic E-state index is 11.2. The van der Waals surface area contributed by atoms with E-state index in [4.69, 9.17) is 5.73 Å². The van der Waals surface area contributed by atoms with Crippen LogP contribution in [0.2, 0.25) is 0 Å². The normalized spacial score (nSPS) is 9.12. The minimum Gasteiger partial charge on any atom is -0.468 e. The number of hydrogen-bond donors (Lipinski definition) is 1. The number of rotatable bonds is 3. The lowest BCUT2D eigenvalue weighted by Gasteiger charge is -2.01. The van der Waals surface area contributed by atoms with Crippen molar-refractivity contribution in [2.24, 2.45) is 0 Å². The van der Waals surface area contributed by atoms with Crippen molar-refractivity contribution in [1.82, 2.24) is 14.8 Å². The fourth-order valence-electron chi connectivity index (χ4n) is 0.899. The van der Waals surface area contributed by atoms with Gasteiger partial charge in [-0.15, -0.1) is 17.5 Å². The van der Waals surface area contributed by atoms with Gasteiger partial charge in [-0.05, 0) is 0 Å². The Kier molecular flexibility index (Phi) is 5.23. The van der Waals surface area contributed by atoms with E-state index in [0.717, 1.165) is 4.68 Å². The Bertz CT molecular complexity index is 392. The maximum Gasteiger partial charge on any atom is 0.375 e. The molecule has 0 amide bonds. The summed E-state index contributed by atoms with van der Waals surface area (Å²) in [6.45, 7) is -0.245. The first-order valence-corrected chi connectivity index (χ1v) is 3.94. The summed E-state index contributed by atoms with van der Waals surface area (Å²) < 4.78 is 9.87. The standard InChI is InChI=1S/C7H10N4O4.ClH/c1-14-4(12)3-11-5(6(13)15-2)9-7(8)10-11;/h3H2,1-2H3,(H2,8,10);1H. The van der Waals surface area contributed by atoms with Crippen LogP contribution in [0.15, 0.2) is 0 Å². The Morgan fingerprint density at radius 3 is 2.50 bits per heavy atom. The lowest BCUT2D eigenvalue weighted by atomic mass is 10.5. The van der Waals surface area contributed by atoms with Crippen molar-refractivity contribution < 1.29 is 19.1 Å². The molecule has 1 aromatic heterocycles. The molecule has 0 aliphatic carbocycles. The van der Waals surface area contributed by atoms with Crippen molar-refractivity contribution in [1.29, 1.82) is 0 Å². The summed E-state index contributed by atoms with van der Waals surface area (Å²) in [5.41, 5.74) is 5.29. The van der Waals surface area contributed by atoms with Gasteiger partial charge in [-0.3, -0.25) is 4.79 Å². The highest BCUT2D eigenvalue weighted by Crippen LogP contribution is 2.02. The van der Waals surface area contributed by atoms with Gasteiger partial charge in [0, 0.05) is 0 Å². The number of anilines is 1. The third-order valence-electron chi connectivity index (χ3n) is 1.56. The predicted molar refractivity (Wildman–Crippen MR) is 55.0 cm³/mol. The zero-order valence-corrected chi connectivity index (χ0v) is 9.48. The molecule has 0 atom stereocenters. The number of carbonyl (C=O) groups excluding carboxylic acids is 2. The number of ether oxygens (including phenoxy) is 2. The average Bonchev–Trinajstić information content (AvgIpc) is 2.58. The Labute approximate surface area is 97.1 Å². The number of hydrogen-bond acceptors (Lipinski definition) is 7. The Hall–Kier alpha value is -1.83. The minimum atomic E-state index is -0.719. The number of nitrogen functional groups attached to an aromatic ring is 1. The van der Waals surface area contributed by atoms with Crippen molar-refractivity contribution in [2.75, 3.05) is 20.0 Å². The third kappa shape index (κ3) is 3.09. The number of esters is 2. The quantitative estimate of drug-likeness (QED) is 0.702. The van der Waals surface area contributed by atoms with Gasteiger partial charge < -0.3 is 15.2 Å².